The number of methoxy groups -OCH3 is 1. The molecule has 0 heterocycles. The molecule has 0 unspecified atom stereocenters. The molecular formula is C22H20N2O4. The molecule has 3 rings (SSSR count). The van der Waals surface area contributed by atoms with Crippen molar-refractivity contribution in [3.05, 3.63) is 89.5 Å². The first-order chi connectivity index (χ1) is 13.7. The Kier molecular flexibility index (Phi) is 6.25. The van der Waals surface area contributed by atoms with Crippen LogP contribution in [0.2, 0.25) is 0 Å². The van der Waals surface area contributed by atoms with Crippen LogP contribution in [0.1, 0.15) is 21.5 Å². The Morgan fingerprint density at radius 1 is 1.04 bits per heavy atom. The molecule has 0 aliphatic carbocycles. The molecule has 0 aliphatic heterocycles. The number of anilines is 1. The summed E-state index contributed by atoms with van der Waals surface area (Å²) < 4.78 is 11.3. The van der Waals surface area contributed by atoms with E-state index in [0.717, 1.165) is 11.1 Å². The van der Waals surface area contributed by atoms with Gasteiger partial charge in [0.15, 0.2) is 11.5 Å². The maximum Gasteiger partial charge on any atom is 0.335 e. The van der Waals surface area contributed by atoms with Gasteiger partial charge in [-0.3, -0.25) is 5.43 Å². The number of carbonyl (C=O) groups is 1. The predicted octanol–water partition coefficient (Wildman–Crippen LogP) is 4.42. The normalized spacial score (nSPS) is 10.6. The van der Waals surface area contributed by atoms with Crippen LogP contribution >= 0.6 is 0 Å². The molecule has 6 heteroatoms. The van der Waals surface area contributed by atoms with Crippen molar-refractivity contribution < 1.29 is 19.4 Å². The lowest BCUT2D eigenvalue weighted by Crippen LogP contribution is -1.99. The van der Waals surface area contributed by atoms with Gasteiger partial charge >= 0.3 is 5.97 Å². The quantitative estimate of drug-likeness (QED) is 0.449. The molecule has 0 atom stereocenters. The van der Waals surface area contributed by atoms with Gasteiger partial charge in [-0.25, -0.2) is 4.79 Å². The van der Waals surface area contributed by atoms with Gasteiger partial charge in [0.2, 0.25) is 0 Å². The van der Waals surface area contributed by atoms with Gasteiger partial charge in [-0.1, -0.05) is 30.3 Å². The van der Waals surface area contributed by atoms with Gasteiger partial charge < -0.3 is 14.6 Å². The molecule has 3 aromatic carbocycles. The van der Waals surface area contributed by atoms with Crippen LogP contribution in [0.3, 0.4) is 0 Å². The van der Waals surface area contributed by atoms with Gasteiger partial charge in [-0.05, 0) is 53.6 Å². The zero-order valence-corrected chi connectivity index (χ0v) is 15.3. The van der Waals surface area contributed by atoms with E-state index in [-0.39, 0.29) is 5.56 Å². The van der Waals surface area contributed by atoms with Crippen molar-refractivity contribution in [2.75, 3.05) is 12.5 Å². The van der Waals surface area contributed by atoms with Crippen molar-refractivity contribution in [3.8, 4) is 11.5 Å². The summed E-state index contributed by atoms with van der Waals surface area (Å²) in [6, 6.07) is 21.8. The summed E-state index contributed by atoms with van der Waals surface area (Å²) in [4.78, 5) is 10.9. The van der Waals surface area contributed by atoms with Crippen molar-refractivity contribution in [2.45, 2.75) is 6.61 Å². The van der Waals surface area contributed by atoms with E-state index in [9.17, 15) is 4.79 Å². The van der Waals surface area contributed by atoms with Crippen molar-refractivity contribution >= 4 is 17.9 Å². The average Bonchev–Trinajstić information content (AvgIpc) is 2.73. The highest BCUT2D eigenvalue weighted by Gasteiger charge is 2.06. The summed E-state index contributed by atoms with van der Waals surface area (Å²) in [7, 11) is 1.60. The highest BCUT2D eigenvalue weighted by Crippen LogP contribution is 2.28. The Hall–Kier alpha value is -3.80. The molecule has 0 bridgehead atoms. The Bertz CT molecular complexity index is 954. The zero-order valence-electron chi connectivity index (χ0n) is 15.3. The third-order valence-corrected chi connectivity index (χ3v) is 3.96. The second kappa shape index (κ2) is 9.23. The smallest absolute Gasteiger partial charge is 0.335 e. The van der Waals surface area contributed by atoms with Crippen LogP contribution in [0.5, 0.6) is 11.5 Å². The Balaban J connectivity index is 1.66. The van der Waals surface area contributed by atoms with Crippen LogP contribution in [0, 0.1) is 0 Å². The number of hydrogen-bond acceptors (Lipinski definition) is 5. The maximum atomic E-state index is 10.9. The van der Waals surface area contributed by atoms with E-state index in [1.807, 2.05) is 48.5 Å². The summed E-state index contributed by atoms with van der Waals surface area (Å²) in [6.45, 7) is 0.436. The first kappa shape index (κ1) is 19.0. The van der Waals surface area contributed by atoms with Crippen molar-refractivity contribution in [2.24, 2.45) is 5.10 Å². The molecule has 0 spiro atoms. The number of hydrazone groups is 1. The fourth-order valence-corrected chi connectivity index (χ4v) is 2.49. The summed E-state index contributed by atoms with van der Waals surface area (Å²) in [5, 5.41) is 13.1. The number of aromatic carboxylic acids is 1. The van der Waals surface area contributed by atoms with E-state index < -0.39 is 5.97 Å². The Morgan fingerprint density at radius 3 is 2.46 bits per heavy atom. The summed E-state index contributed by atoms with van der Waals surface area (Å²) in [5.74, 6) is 0.308. The largest absolute Gasteiger partial charge is 0.493 e. The lowest BCUT2D eigenvalue weighted by molar-refractivity contribution is 0.0697. The summed E-state index contributed by atoms with van der Waals surface area (Å²) >= 11 is 0. The fraction of sp³-hybridized carbons (Fsp3) is 0.0909. The summed E-state index contributed by atoms with van der Waals surface area (Å²) in [5.41, 5.74) is 5.68. The third kappa shape index (κ3) is 5.11. The minimum atomic E-state index is -0.962. The molecule has 28 heavy (non-hydrogen) atoms. The zero-order chi connectivity index (χ0) is 19.8. The van der Waals surface area contributed by atoms with Gasteiger partial charge in [0.1, 0.15) is 6.61 Å². The van der Waals surface area contributed by atoms with E-state index in [0.29, 0.717) is 23.8 Å². The highest BCUT2D eigenvalue weighted by molar-refractivity contribution is 5.88. The number of benzene rings is 3. The number of carboxylic acids is 1. The number of nitrogens with one attached hydrogen (secondary N) is 1. The minimum Gasteiger partial charge on any atom is -0.493 e. The van der Waals surface area contributed by atoms with E-state index >= 15 is 0 Å². The van der Waals surface area contributed by atoms with Crippen LogP contribution in [0.15, 0.2) is 77.9 Å². The van der Waals surface area contributed by atoms with Crippen LogP contribution in [-0.2, 0) is 6.61 Å². The third-order valence-electron chi connectivity index (χ3n) is 3.96. The standard InChI is InChI=1S/C22H20N2O4/c1-27-20-12-7-17(13-21(20)28-15-16-5-3-2-4-6-16)14-23-24-19-10-8-18(9-11-19)22(25)26/h2-14,24H,15H2,1H3,(H,25,26). The van der Waals surface area contributed by atoms with E-state index in [4.69, 9.17) is 14.6 Å². The van der Waals surface area contributed by atoms with Crippen molar-refractivity contribution in [1.29, 1.82) is 0 Å². The van der Waals surface area contributed by atoms with Crippen LogP contribution in [0.25, 0.3) is 0 Å². The fourth-order valence-electron chi connectivity index (χ4n) is 2.49. The lowest BCUT2D eigenvalue weighted by atomic mass is 10.2. The van der Waals surface area contributed by atoms with Gasteiger partial charge in [0.25, 0.3) is 0 Å². The highest BCUT2D eigenvalue weighted by atomic mass is 16.5. The SMILES string of the molecule is COc1ccc(C=NNc2ccc(C(=O)O)cc2)cc1OCc1ccccc1. The molecule has 0 fully saturated rings. The second-order valence-corrected chi connectivity index (χ2v) is 5.94. The molecule has 0 radical (unpaired) electrons. The van der Waals surface area contributed by atoms with Gasteiger partial charge in [-0.15, -0.1) is 0 Å². The summed E-state index contributed by atoms with van der Waals surface area (Å²) in [6.07, 6.45) is 1.65. The van der Waals surface area contributed by atoms with Gasteiger partial charge in [0.05, 0.1) is 24.6 Å². The number of nitrogens with zero attached hydrogens (tertiary/aromatic N) is 1. The number of ether oxygens (including phenoxy) is 2. The molecule has 3 aromatic rings. The lowest BCUT2D eigenvalue weighted by Gasteiger charge is -2.11. The van der Waals surface area contributed by atoms with Crippen LogP contribution < -0.4 is 14.9 Å². The molecule has 142 valence electrons. The molecular weight excluding hydrogens is 356 g/mol. The van der Waals surface area contributed by atoms with E-state index in [1.165, 1.54) is 12.1 Å². The number of carboxylic acid groups (broad SMARTS) is 1. The Labute approximate surface area is 163 Å². The molecule has 0 amide bonds. The first-order valence-electron chi connectivity index (χ1n) is 8.63. The maximum absolute atomic E-state index is 10.9. The molecule has 0 saturated heterocycles. The van der Waals surface area contributed by atoms with Crippen LogP contribution in [0.4, 0.5) is 5.69 Å². The topological polar surface area (TPSA) is 80.2 Å². The molecule has 0 aromatic heterocycles. The number of hydrogen-bond donors (Lipinski definition) is 2. The predicted molar refractivity (Wildman–Crippen MR) is 108 cm³/mol. The Morgan fingerprint density at radius 2 is 1.79 bits per heavy atom. The van der Waals surface area contributed by atoms with Gasteiger partial charge in [0, 0.05) is 0 Å². The van der Waals surface area contributed by atoms with Crippen molar-refractivity contribution in [3.63, 3.8) is 0 Å². The molecule has 2 N–H and O–H groups in total. The molecule has 0 aliphatic rings. The van der Waals surface area contributed by atoms with Crippen molar-refractivity contribution in [1.82, 2.24) is 0 Å². The van der Waals surface area contributed by atoms with E-state index in [2.05, 4.69) is 10.5 Å². The van der Waals surface area contributed by atoms with E-state index in [1.54, 1.807) is 25.5 Å². The second-order valence-electron chi connectivity index (χ2n) is 5.94. The first-order valence-corrected chi connectivity index (χ1v) is 8.63. The minimum absolute atomic E-state index is 0.227. The van der Waals surface area contributed by atoms with Gasteiger partial charge in [-0.2, -0.15) is 5.10 Å². The average molecular weight is 376 g/mol. The van der Waals surface area contributed by atoms with Crippen LogP contribution in [-0.4, -0.2) is 24.4 Å². The number of rotatable bonds is 8. The monoisotopic (exact) mass is 376 g/mol. The molecule has 0 saturated carbocycles. The molecule has 6 nitrogen and oxygen atoms in total.